The van der Waals surface area contributed by atoms with E-state index in [1.165, 1.54) is 10.9 Å². The van der Waals surface area contributed by atoms with E-state index in [1.54, 1.807) is 11.0 Å². The molecule has 0 fully saturated rings. The van der Waals surface area contributed by atoms with Gasteiger partial charge in [0.25, 0.3) is 5.91 Å². The first-order valence-corrected chi connectivity index (χ1v) is 10.3. The second kappa shape index (κ2) is 7.85. The van der Waals surface area contributed by atoms with Crippen molar-refractivity contribution >= 4 is 33.6 Å². The van der Waals surface area contributed by atoms with Gasteiger partial charge in [0, 0.05) is 28.5 Å². The normalized spacial score (nSPS) is 14.4. The molecule has 0 spiro atoms. The second-order valence-electron chi connectivity index (χ2n) is 7.74. The summed E-state index contributed by atoms with van der Waals surface area (Å²) < 4.78 is 0. The summed E-state index contributed by atoms with van der Waals surface area (Å²) >= 11 is 0. The number of aromatic nitrogens is 2. The minimum absolute atomic E-state index is 0.210. The Labute approximate surface area is 178 Å². The smallest absolute Gasteiger partial charge is 0.270 e. The van der Waals surface area contributed by atoms with Crippen molar-refractivity contribution in [3.8, 4) is 0 Å². The molecule has 5 rings (SSSR count). The van der Waals surface area contributed by atoms with Gasteiger partial charge in [0.15, 0.2) is 0 Å². The fraction of sp³-hybridized carbons (Fsp3) is 0.208. The highest BCUT2D eigenvalue weighted by Gasteiger charge is 2.30. The van der Waals surface area contributed by atoms with Gasteiger partial charge in [-0.15, -0.1) is 0 Å². The lowest BCUT2D eigenvalue weighted by Gasteiger charge is -2.30. The van der Waals surface area contributed by atoms with Crippen LogP contribution in [0, 0.1) is 0 Å². The van der Waals surface area contributed by atoms with Gasteiger partial charge in [0.1, 0.15) is 11.7 Å². The molecule has 1 aliphatic heterocycles. The van der Waals surface area contributed by atoms with Gasteiger partial charge in [-0.1, -0.05) is 42.5 Å². The van der Waals surface area contributed by atoms with Gasteiger partial charge in [-0.3, -0.25) is 9.59 Å². The average Bonchev–Trinajstić information content (AvgIpc) is 3.19. The fourth-order valence-corrected chi connectivity index (χ4v) is 4.21. The maximum absolute atomic E-state index is 13.1. The predicted octanol–water partition coefficient (Wildman–Crippen LogP) is 2.39. The summed E-state index contributed by atoms with van der Waals surface area (Å²) in [5.41, 5.74) is 4.19. The SMILES string of the molecule is O=C(N[C@@H](CO)C(=O)N1CCc2c([nH]c3ccccc23)C1)c1ccc2ccccc2n1. The number of para-hydroxylation sites is 2. The Morgan fingerprint density at radius 3 is 2.77 bits per heavy atom. The molecule has 0 unspecified atom stereocenters. The van der Waals surface area contributed by atoms with E-state index in [2.05, 4.69) is 21.4 Å². The van der Waals surface area contributed by atoms with Gasteiger partial charge < -0.3 is 20.3 Å². The molecule has 7 nitrogen and oxygen atoms in total. The number of aliphatic hydroxyl groups is 1. The summed E-state index contributed by atoms with van der Waals surface area (Å²) in [5, 5.41) is 14.6. The number of carbonyl (C=O) groups is 2. The second-order valence-corrected chi connectivity index (χ2v) is 7.74. The van der Waals surface area contributed by atoms with Crippen molar-refractivity contribution in [1.82, 2.24) is 20.2 Å². The minimum Gasteiger partial charge on any atom is -0.394 e. The van der Waals surface area contributed by atoms with Gasteiger partial charge in [-0.25, -0.2) is 4.98 Å². The standard InChI is InChI=1S/C24H22N4O3/c29-14-22(27-23(30)20-10-9-15-5-1-3-7-18(15)25-20)24(31)28-12-11-17-16-6-2-4-8-19(16)26-21(17)13-28/h1-10,22,26,29H,11-14H2,(H,27,30)/t22-/m0/s1. The van der Waals surface area contributed by atoms with Crippen LogP contribution in [0.4, 0.5) is 0 Å². The van der Waals surface area contributed by atoms with E-state index in [0.717, 1.165) is 23.0 Å². The first kappa shape index (κ1) is 19.3. The molecule has 3 N–H and O–H groups in total. The number of nitrogens with one attached hydrogen (secondary N) is 2. The zero-order valence-electron chi connectivity index (χ0n) is 16.8. The number of aliphatic hydroxyl groups excluding tert-OH is 1. The maximum Gasteiger partial charge on any atom is 0.270 e. The fourth-order valence-electron chi connectivity index (χ4n) is 4.21. The number of fused-ring (bicyclic) bond motifs is 4. The quantitative estimate of drug-likeness (QED) is 0.478. The van der Waals surface area contributed by atoms with Gasteiger partial charge in [0.2, 0.25) is 5.91 Å². The molecule has 0 saturated carbocycles. The van der Waals surface area contributed by atoms with Crippen LogP contribution in [-0.4, -0.2) is 51.0 Å². The molecular weight excluding hydrogens is 392 g/mol. The highest BCUT2D eigenvalue weighted by Crippen LogP contribution is 2.27. The summed E-state index contributed by atoms with van der Waals surface area (Å²) in [7, 11) is 0. The molecule has 1 aliphatic rings. The molecule has 1 atom stereocenters. The molecule has 0 radical (unpaired) electrons. The van der Waals surface area contributed by atoms with Crippen molar-refractivity contribution in [2.75, 3.05) is 13.2 Å². The van der Waals surface area contributed by atoms with E-state index in [9.17, 15) is 14.7 Å². The van der Waals surface area contributed by atoms with Crippen molar-refractivity contribution in [2.24, 2.45) is 0 Å². The van der Waals surface area contributed by atoms with Crippen LogP contribution in [0.5, 0.6) is 0 Å². The molecular formula is C24H22N4O3. The summed E-state index contributed by atoms with van der Waals surface area (Å²) in [6.07, 6.45) is 0.726. The molecule has 2 aromatic heterocycles. The summed E-state index contributed by atoms with van der Waals surface area (Å²) in [6, 6.07) is 18.0. The number of H-pyrrole nitrogens is 1. The third-order valence-electron chi connectivity index (χ3n) is 5.81. The van der Waals surface area contributed by atoms with Crippen LogP contribution in [0.3, 0.4) is 0 Å². The highest BCUT2D eigenvalue weighted by molar-refractivity contribution is 5.98. The average molecular weight is 414 g/mol. The number of hydrogen-bond donors (Lipinski definition) is 3. The molecule has 0 saturated heterocycles. The van der Waals surface area contributed by atoms with Crippen LogP contribution in [0.1, 0.15) is 21.7 Å². The maximum atomic E-state index is 13.1. The number of aromatic amines is 1. The Kier molecular flexibility index (Phi) is 4.88. The van der Waals surface area contributed by atoms with Crippen LogP contribution in [0.2, 0.25) is 0 Å². The van der Waals surface area contributed by atoms with E-state index in [-0.39, 0.29) is 11.6 Å². The minimum atomic E-state index is -1.02. The molecule has 31 heavy (non-hydrogen) atoms. The summed E-state index contributed by atoms with van der Waals surface area (Å²) in [5.74, 6) is -0.789. The molecule has 7 heteroatoms. The largest absolute Gasteiger partial charge is 0.394 e. The third kappa shape index (κ3) is 3.53. The first-order valence-electron chi connectivity index (χ1n) is 10.3. The number of amides is 2. The predicted molar refractivity (Wildman–Crippen MR) is 118 cm³/mol. The summed E-state index contributed by atoms with van der Waals surface area (Å²) in [4.78, 5) is 35.2. The number of pyridine rings is 1. The third-order valence-corrected chi connectivity index (χ3v) is 5.81. The highest BCUT2D eigenvalue weighted by atomic mass is 16.3. The van der Waals surface area contributed by atoms with Gasteiger partial charge in [0.05, 0.1) is 18.7 Å². The van der Waals surface area contributed by atoms with Crippen LogP contribution >= 0.6 is 0 Å². The number of benzene rings is 2. The number of rotatable bonds is 4. The van der Waals surface area contributed by atoms with E-state index >= 15 is 0 Å². The van der Waals surface area contributed by atoms with E-state index < -0.39 is 18.6 Å². The van der Waals surface area contributed by atoms with Gasteiger partial charge in [-0.05, 0) is 30.2 Å². The number of carbonyl (C=O) groups excluding carboxylic acids is 2. The van der Waals surface area contributed by atoms with E-state index in [1.807, 2.05) is 48.5 Å². The Morgan fingerprint density at radius 1 is 1.10 bits per heavy atom. The Morgan fingerprint density at radius 2 is 1.90 bits per heavy atom. The van der Waals surface area contributed by atoms with Gasteiger partial charge >= 0.3 is 0 Å². The zero-order chi connectivity index (χ0) is 21.4. The Hall–Kier alpha value is -3.71. The van der Waals surface area contributed by atoms with Crippen LogP contribution in [-0.2, 0) is 17.8 Å². The van der Waals surface area contributed by atoms with Gasteiger partial charge in [-0.2, -0.15) is 0 Å². The molecule has 156 valence electrons. The molecule has 4 aromatic rings. The Bertz CT molecular complexity index is 1300. The molecule has 0 aliphatic carbocycles. The zero-order valence-corrected chi connectivity index (χ0v) is 16.8. The van der Waals surface area contributed by atoms with Crippen molar-refractivity contribution in [2.45, 2.75) is 19.0 Å². The van der Waals surface area contributed by atoms with Crippen LogP contribution < -0.4 is 5.32 Å². The molecule has 3 heterocycles. The lowest BCUT2D eigenvalue weighted by molar-refractivity contribution is -0.135. The molecule has 2 aromatic carbocycles. The first-order chi connectivity index (χ1) is 15.1. The van der Waals surface area contributed by atoms with E-state index in [4.69, 9.17) is 0 Å². The van der Waals surface area contributed by atoms with Crippen molar-refractivity contribution in [3.05, 3.63) is 77.6 Å². The lowest BCUT2D eigenvalue weighted by atomic mass is 10.0. The van der Waals surface area contributed by atoms with Crippen LogP contribution in [0.25, 0.3) is 21.8 Å². The lowest BCUT2D eigenvalue weighted by Crippen LogP contribution is -2.51. The summed E-state index contributed by atoms with van der Waals surface area (Å²) in [6.45, 7) is 0.478. The monoisotopic (exact) mass is 414 g/mol. The number of hydrogen-bond acceptors (Lipinski definition) is 4. The topological polar surface area (TPSA) is 98.3 Å². The van der Waals surface area contributed by atoms with Crippen LogP contribution in [0.15, 0.2) is 60.7 Å². The molecule has 0 bridgehead atoms. The number of nitrogens with zero attached hydrogens (tertiary/aromatic N) is 2. The van der Waals surface area contributed by atoms with Crippen molar-refractivity contribution in [3.63, 3.8) is 0 Å². The van der Waals surface area contributed by atoms with Crippen molar-refractivity contribution < 1.29 is 14.7 Å². The van der Waals surface area contributed by atoms with E-state index in [0.29, 0.717) is 18.6 Å². The van der Waals surface area contributed by atoms with Crippen molar-refractivity contribution in [1.29, 1.82) is 0 Å². The Balaban J connectivity index is 1.32. The molecule has 2 amide bonds.